The van der Waals surface area contributed by atoms with Crippen LogP contribution < -0.4 is 10.6 Å². The molecule has 1 aliphatic heterocycles. The van der Waals surface area contributed by atoms with Crippen molar-refractivity contribution >= 4 is 5.96 Å². The van der Waals surface area contributed by atoms with E-state index in [1.165, 1.54) is 24.8 Å². The standard InChI is InChI=1S/C20H31N5O2/c1-15-17(16(2)27-24-15)9-10-22-20(21-3)23-14-18(19-8-7-13-26-19)25-11-5-4-6-12-25/h7-8,13,18H,4-6,9-12,14H2,1-3H3,(H2,21,22,23). The molecule has 2 N–H and O–H groups in total. The molecule has 1 aliphatic rings. The van der Waals surface area contributed by atoms with Gasteiger partial charge in [-0.25, -0.2) is 0 Å². The minimum atomic E-state index is 0.224. The highest BCUT2D eigenvalue weighted by Gasteiger charge is 2.24. The van der Waals surface area contributed by atoms with Gasteiger partial charge in [0.05, 0.1) is 18.0 Å². The average molecular weight is 374 g/mol. The number of hydrogen-bond acceptors (Lipinski definition) is 5. The Morgan fingerprint density at radius 2 is 2.07 bits per heavy atom. The van der Waals surface area contributed by atoms with Gasteiger partial charge in [0.15, 0.2) is 5.96 Å². The molecule has 1 saturated heterocycles. The Morgan fingerprint density at radius 3 is 2.70 bits per heavy atom. The Kier molecular flexibility index (Phi) is 6.92. The number of nitrogens with one attached hydrogen (secondary N) is 2. The third-order valence-corrected chi connectivity index (χ3v) is 5.24. The van der Waals surface area contributed by atoms with Gasteiger partial charge in [-0.2, -0.15) is 0 Å². The molecule has 1 unspecified atom stereocenters. The molecule has 7 heteroatoms. The minimum Gasteiger partial charge on any atom is -0.468 e. The summed E-state index contributed by atoms with van der Waals surface area (Å²) in [5.41, 5.74) is 2.12. The molecule has 148 valence electrons. The molecular formula is C20H31N5O2. The lowest BCUT2D eigenvalue weighted by Gasteiger charge is -2.33. The predicted molar refractivity (Wildman–Crippen MR) is 106 cm³/mol. The van der Waals surface area contributed by atoms with E-state index in [0.717, 1.165) is 55.8 Å². The van der Waals surface area contributed by atoms with E-state index in [1.54, 1.807) is 13.3 Å². The van der Waals surface area contributed by atoms with Crippen LogP contribution in [0.4, 0.5) is 0 Å². The smallest absolute Gasteiger partial charge is 0.191 e. The summed E-state index contributed by atoms with van der Waals surface area (Å²) in [6.45, 7) is 7.70. The van der Waals surface area contributed by atoms with Gasteiger partial charge >= 0.3 is 0 Å². The highest BCUT2D eigenvalue weighted by molar-refractivity contribution is 5.79. The molecular weight excluding hydrogens is 342 g/mol. The first-order chi connectivity index (χ1) is 13.2. The molecule has 0 aromatic carbocycles. The number of guanidine groups is 1. The zero-order valence-corrected chi connectivity index (χ0v) is 16.6. The van der Waals surface area contributed by atoms with E-state index in [2.05, 4.69) is 31.7 Å². The third-order valence-electron chi connectivity index (χ3n) is 5.24. The first-order valence-corrected chi connectivity index (χ1v) is 9.82. The second kappa shape index (κ2) is 9.60. The SMILES string of the molecule is CN=C(NCCc1c(C)noc1C)NCC(c1ccco1)N1CCCCC1. The van der Waals surface area contributed by atoms with E-state index >= 15 is 0 Å². The fourth-order valence-corrected chi connectivity index (χ4v) is 3.70. The van der Waals surface area contributed by atoms with E-state index in [9.17, 15) is 0 Å². The van der Waals surface area contributed by atoms with Gasteiger partial charge in [0, 0.05) is 25.7 Å². The van der Waals surface area contributed by atoms with Gasteiger partial charge in [-0.05, 0) is 58.3 Å². The van der Waals surface area contributed by atoms with Crippen LogP contribution in [0.3, 0.4) is 0 Å². The van der Waals surface area contributed by atoms with Gasteiger partial charge in [-0.1, -0.05) is 11.6 Å². The number of aliphatic imine (C=N–C) groups is 1. The van der Waals surface area contributed by atoms with Crippen LogP contribution in [0.5, 0.6) is 0 Å². The lowest BCUT2D eigenvalue weighted by molar-refractivity contribution is 0.146. The summed E-state index contributed by atoms with van der Waals surface area (Å²) in [4.78, 5) is 6.86. The van der Waals surface area contributed by atoms with Crippen LogP contribution in [0.25, 0.3) is 0 Å². The van der Waals surface area contributed by atoms with Crippen molar-refractivity contribution in [3.63, 3.8) is 0 Å². The fourth-order valence-electron chi connectivity index (χ4n) is 3.70. The van der Waals surface area contributed by atoms with E-state index in [4.69, 9.17) is 8.94 Å². The summed E-state index contributed by atoms with van der Waals surface area (Å²) in [6.07, 6.45) is 6.43. The molecule has 2 aromatic heterocycles. The molecule has 7 nitrogen and oxygen atoms in total. The maximum Gasteiger partial charge on any atom is 0.191 e. The van der Waals surface area contributed by atoms with Gasteiger partial charge in [-0.3, -0.25) is 9.89 Å². The second-order valence-electron chi connectivity index (χ2n) is 7.06. The lowest BCUT2D eigenvalue weighted by Crippen LogP contribution is -2.44. The van der Waals surface area contributed by atoms with Crippen molar-refractivity contribution in [1.82, 2.24) is 20.7 Å². The van der Waals surface area contributed by atoms with Crippen molar-refractivity contribution in [2.24, 2.45) is 4.99 Å². The molecule has 27 heavy (non-hydrogen) atoms. The number of aryl methyl sites for hydroxylation is 2. The van der Waals surface area contributed by atoms with Crippen LogP contribution in [0.15, 0.2) is 32.3 Å². The average Bonchev–Trinajstić information content (AvgIpc) is 3.33. The van der Waals surface area contributed by atoms with E-state index in [1.807, 2.05) is 19.9 Å². The first-order valence-electron chi connectivity index (χ1n) is 9.82. The fraction of sp³-hybridized carbons (Fsp3) is 0.600. The number of likely N-dealkylation sites (tertiary alicyclic amines) is 1. The van der Waals surface area contributed by atoms with E-state index in [-0.39, 0.29) is 6.04 Å². The number of piperidine rings is 1. The Bertz CT molecular complexity index is 697. The Balaban J connectivity index is 1.53. The first kappa shape index (κ1) is 19.5. The Hall–Kier alpha value is -2.28. The molecule has 1 fully saturated rings. The van der Waals surface area contributed by atoms with E-state index in [0.29, 0.717) is 0 Å². The number of hydrogen-bond donors (Lipinski definition) is 2. The summed E-state index contributed by atoms with van der Waals surface area (Å²) in [5, 5.41) is 10.9. The highest BCUT2D eigenvalue weighted by Crippen LogP contribution is 2.24. The maximum atomic E-state index is 5.71. The molecule has 0 saturated carbocycles. The van der Waals surface area contributed by atoms with Gasteiger partial charge in [-0.15, -0.1) is 0 Å². The third kappa shape index (κ3) is 5.13. The van der Waals surface area contributed by atoms with Crippen molar-refractivity contribution in [2.75, 3.05) is 33.2 Å². The summed E-state index contributed by atoms with van der Waals surface area (Å²) in [5.74, 6) is 2.70. The Morgan fingerprint density at radius 1 is 1.26 bits per heavy atom. The topological polar surface area (TPSA) is 78.8 Å². The minimum absolute atomic E-state index is 0.224. The normalized spacial score (nSPS) is 17.1. The Labute approximate surface area is 161 Å². The predicted octanol–water partition coefficient (Wildman–Crippen LogP) is 2.82. The molecule has 3 heterocycles. The van der Waals surface area contributed by atoms with Crippen LogP contribution in [0.1, 0.15) is 48.1 Å². The van der Waals surface area contributed by atoms with Crippen molar-refractivity contribution in [3.05, 3.63) is 41.2 Å². The van der Waals surface area contributed by atoms with Crippen LogP contribution in [-0.4, -0.2) is 49.2 Å². The summed E-state index contributed by atoms with van der Waals surface area (Å²) < 4.78 is 10.9. The highest BCUT2D eigenvalue weighted by atomic mass is 16.5. The molecule has 0 bridgehead atoms. The quantitative estimate of drug-likeness (QED) is 0.574. The van der Waals surface area contributed by atoms with Gasteiger partial charge in [0.1, 0.15) is 11.5 Å². The number of nitrogens with zero attached hydrogens (tertiary/aromatic N) is 3. The van der Waals surface area contributed by atoms with Gasteiger partial charge in [0.2, 0.25) is 0 Å². The lowest BCUT2D eigenvalue weighted by atomic mass is 10.1. The van der Waals surface area contributed by atoms with Gasteiger partial charge < -0.3 is 19.6 Å². The number of furan rings is 1. The van der Waals surface area contributed by atoms with Crippen molar-refractivity contribution in [3.8, 4) is 0 Å². The zero-order valence-electron chi connectivity index (χ0n) is 16.6. The van der Waals surface area contributed by atoms with Crippen molar-refractivity contribution < 1.29 is 8.94 Å². The summed E-state index contributed by atoms with van der Waals surface area (Å²) in [6, 6.07) is 4.25. The molecule has 0 radical (unpaired) electrons. The van der Waals surface area contributed by atoms with Crippen LogP contribution >= 0.6 is 0 Å². The van der Waals surface area contributed by atoms with Crippen molar-refractivity contribution in [2.45, 2.75) is 45.6 Å². The number of rotatable bonds is 7. The van der Waals surface area contributed by atoms with E-state index < -0.39 is 0 Å². The van der Waals surface area contributed by atoms with Crippen LogP contribution in [0.2, 0.25) is 0 Å². The maximum absolute atomic E-state index is 5.71. The number of aromatic nitrogens is 1. The summed E-state index contributed by atoms with van der Waals surface area (Å²) >= 11 is 0. The molecule has 3 rings (SSSR count). The zero-order chi connectivity index (χ0) is 19.1. The molecule has 0 spiro atoms. The monoisotopic (exact) mass is 373 g/mol. The van der Waals surface area contributed by atoms with Crippen LogP contribution in [0, 0.1) is 13.8 Å². The largest absolute Gasteiger partial charge is 0.468 e. The molecule has 2 aromatic rings. The molecule has 0 aliphatic carbocycles. The van der Waals surface area contributed by atoms with Crippen molar-refractivity contribution in [1.29, 1.82) is 0 Å². The second-order valence-corrected chi connectivity index (χ2v) is 7.06. The summed E-state index contributed by atoms with van der Waals surface area (Å²) in [7, 11) is 1.80. The molecule has 0 amide bonds. The van der Waals surface area contributed by atoms with Crippen LogP contribution in [-0.2, 0) is 6.42 Å². The van der Waals surface area contributed by atoms with Gasteiger partial charge in [0.25, 0.3) is 0 Å². The molecule has 1 atom stereocenters.